The molecule has 0 atom stereocenters. The predicted octanol–water partition coefficient (Wildman–Crippen LogP) is 4.53. The number of carbonyl (C=O) groups is 1. The lowest BCUT2D eigenvalue weighted by Gasteiger charge is -2.14. The normalized spacial score (nSPS) is 9.92. The highest BCUT2D eigenvalue weighted by Crippen LogP contribution is 2.24. The molecule has 0 spiro atoms. The molecule has 0 radical (unpaired) electrons. The molecule has 24 heavy (non-hydrogen) atoms. The van der Waals surface area contributed by atoms with E-state index < -0.39 is 0 Å². The van der Waals surface area contributed by atoms with Crippen molar-refractivity contribution in [2.24, 2.45) is 0 Å². The summed E-state index contributed by atoms with van der Waals surface area (Å²) in [5, 5.41) is 5.83. The Hall–Kier alpha value is -2.18. The average Bonchev–Trinajstić information content (AvgIpc) is 2.54. The highest BCUT2D eigenvalue weighted by Gasteiger charge is 2.10. The van der Waals surface area contributed by atoms with E-state index in [1.807, 2.05) is 31.2 Å². The maximum atomic E-state index is 12.2. The lowest BCUT2D eigenvalue weighted by molar-refractivity contribution is 0.0977. The highest BCUT2D eigenvalue weighted by atomic mass is 79.9. The molecule has 2 aromatic carbocycles. The first-order valence-electron chi connectivity index (χ1n) is 7.20. The molecule has 0 bridgehead atoms. The Balaban J connectivity index is 2.00. The van der Waals surface area contributed by atoms with Crippen LogP contribution in [0.1, 0.15) is 17.3 Å². The van der Waals surface area contributed by atoms with Gasteiger partial charge in [0.05, 0.1) is 5.69 Å². The number of para-hydroxylation sites is 2. The lowest BCUT2D eigenvalue weighted by atomic mass is 10.2. The number of benzene rings is 2. The fraction of sp³-hybridized carbons (Fsp3) is 0.111. The van der Waals surface area contributed by atoms with Crippen molar-refractivity contribution in [3.63, 3.8) is 0 Å². The maximum Gasteiger partial charge on any atom is 0.257 e. The molecule has 4 nitrogen and oxygen atoms in total. The van der Waals surface area contributed by atoms with Crippen LogP contribution in [0.15, 0.2) is 65.2 Å². The number of thiocarbonyl (C=S) groups is 1. The Morgan fingerprint density at radius 3 is 2.54 bits per heavy atom. The van der Waals surface area contributed by atoms with E-state index in [1.165, 1.54) is 0 Å². The number of rotatable bonds is 5. The summed E-state index contributed by atoms with van der Waals surface area (Å²) < 4.78 is 6.57. The number of anilines is 1. The summed E-state index contributed by atoms with van der Waals surface area (Å²) in [5.74, 6) is 0.362. The second kappa shape index (κ2) is 8.61. The van der Waals surface area contributed by atoms with Gasteiger partial charge in [-0.3, -0.25) is 10.1 Å². The Kier molecular flexibility index (Phi) is 6.52. The van der Waals surface area contributed by atoms with Crippen LogP contribution in [-0.4, -0.2) is 17.6 Å². The van der Waals surface area contributed by atoms with Crippen molar-refractivity contribution in [3.05, 3.63) is 70.7 Å². The molecule has 1 amide bonds. The van der Waals surface area contributed by atoms with Gasteiger partial charge in [-0.15, -0.1) is 0 Å². The number of amides is 1. The van der Waals surface area contributed by atoms with Crippen molar-refractivity contribution >= 4 is 44.9 Å². The SMILES string of the molecule is C=C(C)COc1ccccc1NC(=S)NC(=O)c1ccc(Br)cc1. The first kappa shape index (κ1) is 18.2. The molecule has 0 aliphatic carbocycles. The third-order valence-electron chi connectivity index (χ3n) is 2.94. The minimum atomic E-state index is -0.277. The molecule has 2 rings (SSSR count). The third-order valence-corrected chi connectivity index (χ3v) is 3.68. The third kappa shape index (κ3) is 5.47. The van der Waals surface area contributed by atoms with Crippen LogP contribution in [0.3, 0.4) is 0 Å². The number of hydrogen-bond acceptors (Lipinski definition) is 3. The van der Waals surface area contributed by atoms with Gasteiger partial charge in [0, 0.05) is 10.0 Å². The molecule has 0 aliphatic rings. The number of nitrogens with one attached hydrogen (secondary N) is 2. The molecule has 124 valence electrons. The van der Waals surface area contributed by atoms with E-state index in [4.69, 9.17) is 17.0 Å². The van der Waals surface area contributed by atoms with Crippen molar-refractivity contribution in [1.29, 1.82) is 0 Å². The molecular weight excluding hydrogens is 388 g/mol. The van der Waals surface area contributed by atoms with Crippen LogP contribution in [0.25, 0.3) is 0 Å². The first-order valence-corrected chi connectivity index (χ1v) is 8.40. The summed E-state index contributed by atoms with van der Waals surface area (Å²) in [6.07, 6.45) is 0. The van der Waals surface area contributed by atoms with Gasteiger partial charge < -0.3 is 10.1 Å². The van der Waals surface area contributed by atoms with Gasteiger partial charge in [-0.1, -0.05) is 34.6 Å². The summed E-state index contributed by atoms with van der Waals surface area (Å²) in [7, 11) is 0. The Morgan fingerprint density at radius 2 is 1.88 bits per heavy atom. The smallest absolute Gasteiger partial charge is 0.257 e. The van der Waals surface area contributed by atoms with Gasteiger partial charge in [0.1, 0.15) is 12.4 Å². The predicted molar refractivity (Wildman–Crippen MR) is 105 cm³/mol. The molecule has 2 N–H and O–H groups in total. The summed E-state index contributed by atoms with van der Waals surface area (Å²) in [4.78, 5) is 12.2. The van der Waals surface area contributed by atoms with Gasteiger partial charge in [-0.25, -0.2) is 0 Å². The molecule has 0 heterocycles. The maximum absolute atomic E-state index is 12.2. The van der Waals surface area contributed by atoms with Crippen molar-refractivity contribution in [3.8, 4) is 5.75 Å². The fourth-order valence-corrected chi connectivity index (χ4v) is 2.29. The molecule has 6 heteroatoms. The largest absolute Gasteiger partial charge is 0.487 e. The van der Waals surface area contributed by atoms with Crippen LogP contribution in [0.5, 0.6) is 5.75 Å². The van der Waals surface area contributed by atoms with E-state index in [0.717, 1.165) is 10.0 Å². The Morgan fingerprint density at radius 1 is 1.21 bits per heavy atom. The van der Waals surface area contributed by atoms with Crippen LogP contribution in [0, 0.1) is 0 Å². The standard InChI is InChI=1S/C18H17BrN2O2S/c1-12(2)11-23-16-6-4-3-5-15(16)20-18(24)21-17(22)13-7-9-14(19)10-8-13/h3-10H,1,11H2,2H3,(H2,20,21,22,24). The number of carbonyl (C=O) groups excluding carboxylic acids is 1. The zero-order valence-electron chi connectivity index (χ0n) is 13.1. The van der Waals surface area contributed by atoms with E-state index in [-0.39, 0.29) is 11.0 Å². The van der Waals surface area contributed by atoms with Crippen molar-refractivity contribution in [2.45, 2.75) is 6.92 Å². The van der Waals surface area contributed by atoms with Crippen LogP contribution in [-0.2, 0) is 0 Å². The van der Waals surface area contributed by atoms with E-state index in [2.05, 4.69) is 33.1 Å². The minimum Gasteiger partial charge on any atom is -0.487 e. The summed E-state index contributed by atoms with van der Waals surface area (Å²) in [6.45, 7) is 6.11. The number of ether oxygens (including phenoxy) is 1. The molecule has 0 aliphatic heterocycles. The van der Waals surface area contributed by atoms with Gasteiger partial charge in [-0.05, 0) is 61.1 Å². The van der Waals surface area contributed by atoms with Crippen molar-refractivity contribution in [2.75, 3.05) is 11.9 Å². The second-order valence-electron chi connectivity index (χ2n) is 5.16. The van der Waals surface area contributed by atoms with Crippen LogP contribution in [0.2, 0.25) is 0 Å². The monoisotopic (exact) mass is 404 g/mol. The summed E-state index contributed by atoms with van der Waals surface area (Å²) in [5.41, 5.74) is 2.12. The van der Waals surface area contributed by atoms with E-state index in [0.29, 0.717) is 23.6 Å². The molecule has 2 aromatic rings. The molecule has 0 saturated heterocycles. The molecule has 0 aromatic heterocycles. The van der Waals surface area contributed by atoms with Gasteiger partial charge in [0.25, 0.3) is 5.91 Å². The summed E-state index contributed by atoms with van der Waals surface area (Å²) in [6, 6.07) is 14.4. The molecular formula is C18H17BrN2O2S. The zero-order valence-corrected chi connectivity index (χ0v) is 15.5. The van der Waals surface area contributed by atoms with E-state index in [1.54, 1.807) is 24.3 Å². The Labute approximate surface area is 155 Å². The Bertz CT molecular complexity index is 760. The van der Waals surface area contributed by atoms with E-state index >= 15 is 0 Å². The average molecular weight is 405 g/mol. The van der Waals surface area contributed by atoms with Crippen molar-refractivity contribution < 1.29 is 9.53 Å². The van der Waals surface area contributed by atoms with Crippen LogP contribution >= 0.6 is 28.1 Å². The lowest BCUT2D eigenvalue weighted by Crippen LogP contribution is -2.34. The van der Waals surface area contributed by atoms with Gasteiger partial charge >= 0.3 is 0 Å². The zero-order chi connectivity index (χ0) is 17.5. The first-order chi connectivity index (χ1) is 11.5. The van der Waals surface area contributed by atoms with Gasteiger partial charge in [-0.2, -0.15) is 0 Å². The molecule has 0 unspecified atom stereocenters. The number of halogens is 1. The quantitative estimate of drug-likeness (QED) is 0.567. The van der Waals surface area contributed by atoms with Gasteiger partial charge in [0.2, 0.25) is 0 Å². The highest BCUT2D eigenvalue weighted by molar-refractivity contribution is 9.10. The van der Waals surface area contributed by atoms with Crippen LogP contribution < -0.4 is 15.4 Å². The van der Waals surface area contributed by atoms with Crippen LogP contribution in [0.4, 0.5) is 5.69 Å². The minimum absolute atomic E-state index is 0.203. The van der Waals surface area contributed by atoms with E-state index in [9.17, 15) is 4.79 Å². The molecule has 0 saturated carbocycles. The second-order valence-corrected chi connectivity index (χ2v) is 6.48. The topological polar surface area (TPSA) is 50.4 Å². The fourth-order valence-electron chi connectivity index (χ4n) is 1.83. The molecule has 0 fully saturated rings. The summed E-state index contributed by atoms with van der Waals surface area (Å²) >= 11 is 8.54. The number of hydrogen-bond donors (Lipinski definition) is 2. The van der Waals surface area contributed by atoms with Gasteiger partial charge in [0.15, 0.2) is 5.11 Å². The van der Waals surface area contributed by atoms with Crippen molar-refractivity contribution in [1.82, 2.24) is 5.32 Å².